The SMILES string of the molecule is c1coc(CNCc2nccs2)c1. The van der Waals surface area contributed by atoms with Crippen LogP contribution in [0.4, 0.5) is 0 Å². The lowest BCUT2D eigenvalue weighted by atomic mass is 10.4. The van der Waals surface area contributed by atoms with Gasteiger partial charge in [-0.25, -0.2) is 4.98 Å². The van der Waals surface area contributed by atoms with Crippen molar-refractivity contribution in [1.29, 1.82) is 0 Å². The normalized spacial score (nSPS) is 10.5. The first-order valence-corrected chi connectivity index (χ1v) is 4.94. The van der Waals surface area contributed by atoms with Crippen LogP contribution in [-0.2, 0) is 13.1 Å². The molecule has 2 aromatic heterocycles. The molecule has 0 saturated heterocycles. The summed E-state index contributed by atoms with van der Waals surface area (Å²) in [6.07, 6.45) is 3.50. The zero-order valence-electron chi connectivity index (χ0n) is 7.06. The van der Waals surface area contributed by atoms with Gasteiger partial charge in [-0.1, -0.05) is 0 Å². The topological polar surface area (TPSA) is 38.1 Å². The zero-order chi connectivity index (χ0) is 8.93. The first kappa shape index (κ1) is 8.47. The molecule has 0 saturated carbocycles. The fourth-order valence-electron chi connectivity index (χ4n) is 1.05. The summed E-state index contributed by atoms with van der Waals surface area (Å²) in [7, 11) is 0. The van der Waals surface area contributed by atoms with Crippen LogP contribution < -0.4 is 5.32 Å². The van der Waals surface area contributed by atoms with Crippen LogP contribution in [-0.4, -0.2) is 4.98 Å². The van der Waals surface area contributed by atoms with Crippen LogP contribution in [0.25, 0.3) is 0 Å². The van der Waals surface area contributed by atoms with Gasteiger partial charge in [0.1, 0.15) is 10.8 Å². The van der Waals surface area contributed by atoms with Gasteiger partial charge in [-0.15, -0.1) is 11.3 Å². The van der Waals surface area contributed by atoms with Crippen molar-refractivity contribution in [2.45, 2.75) is 13.1 Å². The van der Waals surface area contributed by atoms with Gasteiger partial charge in [0.15, 0.2) is 0 Å². The van der Waals surface area contributed by atoms with E-state index in [1.165, 1.54) is 0 Å². The summed E-state index contributed by atoms with van der Waals surface area (Å²) < 4.78 is 5.17. The summed E-state index contributed by atoms with van der Waals surface area (Å²) in [5, 5.41) is 6.32. The molecule has 0 aromatic carbocycles. The van der Waals surface area contributed by atoms with E-state index in [-0.39, 0.29) is 0 Å². The van der Waals surface area contributed by atoms with Gasteiger partial charge < -0.3 is 9.73 Å². The van der Waals surface area contributed by atoms with Gasteiger partial charge in [-0.2, -0.15) is 0 Å². The van der Waals surface area contributed by atoms with Crippen molar-refractivity contribution in [3.63, 3.8) is 0 Å². The molecule has 0 amide bonds. The third-order valence-corrected chi connectivity index (χ3v) is 2.42. The standard InChI is InChI=1S/C9H10N2OS/c1-2-8(12-4-1)6-10-7-9-11-3-5-13-9/h1-5,10H,6-7H2. The number of hydrogen-bond acceptors (Lipinski definition) is 4. The molecule has 0 atom stereocenters. The molecule has 3 nitrogen and oxygen atoms in total. The molecule has 2 heterocycles. The lowest BCUT2D eigenvalue weighted by molar-refractivity contribution is 0.483. The number of nitrogens with one attached hydrogen (secondary N) is 1. The Balaban J connectivity index is 1.76. The monoisotopic (exact) mass is 194 g/mol. The van der Waals surface area contributed by atoms with Crippen molar-refractivity contribution in [3.8, 4) is 0 Å². The maximum atomic E-state index is 5.17. The average Bonchev–Trinajstić information content (AvgIpc) is 2.75. The number of hydrogen-bond donors (Lipinski definition) is 1. The molecule has 0 unspecified atom stereocenters. The van der Waals surface area contributed by atoms with Crippen molar-refractivity contribution in [2.24, 2.45) is 0 Å². The minimum absolute atomic E-state index is 0.757. The van der Waals surface area contributed by atoms with Crippen LogP contribution >= 0.6 is 11.3 Å². The van der Waals surface area contributed by atoms with E-state index in [0.717, 1.165) is 23.9 Å². The Hall–Kier alpha value is -1.13. The van der Waals surface area contributed by atoms with Crippen molar-refractivity contribution >= 4 is 11.3 Å². The second-order valence-electron chi connectivity index (χ2n) is 2.61. The van der Waals surface area contributed by atoms with Crippen LogP contribution in [0.2, 0.25) is 0 Å². The highest BCUT2D eigenvalue weighted by atomic mass is 32.1. The molecule has 0 aliphatic carbocycles. The highest BCUT2D eigenvalue weighted by Gasteiger charge is 1.96. The molecule has 0 spiro atoms. The molecule has 0 aliphatic rings. The summed E-state index contributed by atoms with van der Waals surface area (Å²) in [5.41, 5.74) is 0. The second-order valence-corrected chi connectivity index (χ2v) is 3.59. The highest BCUT2D eigenvalue weighted by Crippen LogP contribution is 2.04. The van der Waals surface area contributed by atoms with E-state index in [0.29, 0.717) is 0 Å². The largest absolute Gasteiger partial charge is 0.468 e. The van der Waals surface area contributed by atoms with E-state index in [1.54, 1.807) is 17.6 Å². The lowest BCUT2D eigenvalue weighted by Crippen LogP contribution is -2.11. The maximum Gasteiger partial charge on any atom is 0.117 e. The van der Waals surface area contributed by atoms with Crippen LogP contribution in [0, 0.1) is 0 Å². The van der Waals surface area contributed by atoms with Crippen LogP contribution in [0.1, 0.15) is 10.8 Å². The van der Waals surface area contributed by atoms with Gasteiger partial charge in [-0.3, -0.25) is 0 Å². The quantitative estimate of drug-likeness (QED) is 0.809. The van der Waals surface area contributed by atoms with Crippen LogP contribution in [0.15, 0.2) is 34.4 Å². The Morgan fingerprint density at radius 3 is 3.15 bits per heavy atom. The summed E-state index contributed by atoms with van der Waals surface area (Å²) >= 11 is 1.66. The van der Waals surface area contributed by atoms with Gasteiger partial charge in [0.25, 0.3) is 0 Å². The number of aromatic nitrogens is 1. The first-order chi connectivity index (χ1) is 6.45. The molecule has 68 valence electrons. The van der Waals surface area contributed by atoms with E-state index in [4.69, 9.17) is 4.42 Å². The van der Waals surface area contributed by atoms with Gasteiger partial charge >= 0.3 is 0 Å². The molecule has 0 aliphatic heterocycles. The number of rotatable bonds is 4. The van der Waals surface area contributed by atoms with Gasteiger partial charge in [0.05, 0.1) is 12.8 Å². The molecule has 4 heteroatoms. The van der Waals surface area contributed by atoms with Gasteiger partial charge in [0.2, 0.25) is 0 Å². The Morgan fingerprint density at radius 1 is 1.46 bits per heavy atom. The van der Waals surface area contributed by atoms with E-state index in [2.05, 4.69) is 10.3 Å². The Labute approximate surface area is 80.4 Å². The Kier molecular flexibility index (Phi) is 2.74. The molecular weight excluding hydrogens is 184 g/mol. The van der Waals surface area contributed by atoms with Gasteiger partial charge in [-0.05, 0) is 12.1 Å². The van der Waals surface area contributed by atoms with Crippen molar-refractivity contribution in [3.05, 3.63) is 40.7 Å². The van der Waals surface area contributed by atoms with Crippen molar-refractivity contribution < 1.29 is 4.42 Å². The number of furan rings is 1. The zero-order valence-corrected chi connectivity index (χ0v) is 7.88. The van der Waals surface area contributed by atoms with E-state index >= 15 is 0 Å². The molecule has 0 bridgehead atoms. The third-order valence-electron chi connectivity index (χ3n) is 1.64. The fraction of sp³-hybridized carbons (Fsp3) is 0.222. The summed E-state index contributed by atoms with van der Waals surface area (Å²) in [5.74, 6) is 0.955. The predicted molar refractivity (Wildman–Crippen MR) is 51.4 cm³/mol. The fourth-order valence-corrected chi connectivity index (χ4v) is 1.63. The minimum Gasteiger partial charge on any atom is -0.468 e. The smallest absolute Gasteiger partial charge is 0.117 e. The number of nitrogens with zero attached hydrogens (tertiary/aromatic N) is 1. The summed E-state index contributed by atoms with van der Waals surface area (Å²) in [6.45, 7) is 1.56. The predicted octanol–water partition coefficient (Wildman–Crippen LogP) is 2.03. The summed E-state index contributed by atoms with van der Waals surface area (Å²) in [4.78, 5) is 4.16. The van der Waals surface area contributed by atoms with Gasteiger partial charge in [0, 0.05) is 18.1 Å². The van der Waals surface area contributed by atoms with E-state index in [1.807, 2.05) is 23.7 Å². The third kappa shape index (κ3) is 2.40. The maximum absolute atomic E-state index is 5.17. The first-order valence-electron chi connectivity index (χ1n) is 4.06. The number of thiazole rings is 1. The average molecular weight is 194 g/mol. The molecule has 2 aromatic rings. The lowest BCUT2D eigenvalue weighted by Gasteiger charge is -1.98. The molecule has 0 radical (unpaired) electrons. The van der Waals surface area contributed by atoms with Crippen LogP contribution in [0.3, 0.4) is 0 Å². The second kappa shape index (κ2) is 4.20. The Morgan fingerprint density at radius 2 is 2.46 bits per heavy atom. The molecular formula is C9H10N2OS. The van der Waals surface area contributed by atoms with Crippen LogP contribution in [0.5, 0.6) is 0 Å². The molecule has 13 heavy (non-hydrogen) atoms. The Bertz CT molecular complexity index is 294. The van der Waals surface area contributed by atoms with E-state index < -0.39 is 0 Å². The van der Waals surface area contributed by atoms with Crippen molar-refractivity contribution in [1.82, 2.24) is 10.3 Å². The molecule has 0 fully saturated rings. The molecule has 2 rings (SSSR count). The summed E-state index contributed by atoms with van der Waals surface area (Å²) in [6, 6.07) is 3.84. The minimum atomic E-state index is 0.757. The van der Waals surface area contributed by atoms with Crippen molar-refractivity contribution in [2.75, 3.05) is 0 Å². The highest BCUT2D eigenvalue weighted by molar-refractivity contribution is 7.09. The van der Waals surface area contributed by atoms with E-state index in [9.17, 15) is 0 Å². The molecule has 1 N–H and O–H groups in total.